The molecule has 1 aliphatic heterocycles. The minimum atomic E-state index is -0.571. The van der Waals surface area contributed by atoms with E-state index in [1.54, 1.807) is 25.1 Å². The molecule has 1 aromatic carbocycles. The van der Waals surface area contributed by atoms with Crippen LogP contribution in [0, 0.1) is 12.8 Å². The van der Waals surface area contributed by atoms with Gasteiger partial charge in [0, 0.05) is 19.0 Å². The molecule has 6 nitrogen and oxygen atoms in total. The number of rotatable bonds is 4. The van der Waals surface area contributed by atoms with Crippen LogP contribution in [0.15, 0.2) is 18.2 Å². The van der Waals surface area contributed by atoms with Crippen molar-refractivity contribution in [3.05, 3.63) is 29.3 Å². The number of likely N-dealkylation sites (tertiary alicyclic amines) is 1. The van der Waals surface area contributed by atoms with Crippen LogP contribution in [0.5, 0.6) is 0 Å². The van der Waals surface area contributed by atoms with Crippen molar-refractivity contribution < 1.29 is 14.4 Å². The summed E-state index contributed by atoms with van der Waals surface area (Å²) in [6.07, 6.45) is 4.60. The average Bonchev–Trinajstić information content (AvgIpc) is 3.15. The quantitative estimate of drug-likeness (QED) is 0.882. The van der Waals surface area contributed by atoms with Crippen LogP contribution >= 0.6 is 0 Å². The number of carbonyl (C=O) groups is 3. The predicted molar refractivity (Wildman–Crippen MR) is 90.4 cm³/mol. The van der Waals surface area contributed by atoms with Crippen molar-refractivity contribution in [2.75, 3.05) is 11.9 Å². The predicted octanol–water partition coefficient (Wildman–Crippen LogP) is 1.82. The first-order valence-electron chi connectivity index (χ1n) is 8.47. The van der Waals surface area contributed by atoms with Gasteiger partial charge in [0.2, 0.25) is 11.8 Å². The normalized spacial score (nSPS) is 21.3. The molecule has 3 N–H and O–H groups in total. The zero-order valence-corrected chi connectivity index (χ0v) is 13.9. The Morgan fingerprint density at radius 3 is 2.62 bits per heavy atom. The molecule has 1 aliphatic carbocycles. The van der Waals surface area contributed by atoms with Crippen molar-refractivity contribution in [1.29, 1.82) is 0 Å². The molecule has 2 aliphatic rings. The van der Waals surface area contributed by atoms with E-state index in [4.69, 9.17) is 5.73 Å². The highest BCUT2D eigenvalue weighted by Crippen LogP contribution is 2.30. The molecule has 1 atom stereocenters. The first kappa shape index (κ1) is 16.5. The number of primary amides is 1. The lowest BCUT2D eigenvalue weighted by Gasteiger charge is -2.24. The van der Waals surface area contributed by atoms with Gasteiger partial charge in [0.25, 0.3) is 5.91 Å². The number of hydrogen-bond acceptors (Lipinski definition) is 3. The van der Waals surface area contributed by atoms with Gasteiger partial charge in [-0.3, -0.25) is 14.4 Å². The van der Waals surface area contributed by atoms with Gasteiger partial charge in [-0.2, -0.15) is 0 Å². The summed E-state index contributed by atoms with van der Waals surface area (Å²) in [7, 11) is 0. The first-order chi connectivity index (χ1) is 11.5. The van der Waals surface area contributed by atoms with Gasteiger partial charge in [0.05, 0.1) is 17.2 Å². The highest BCUT2D eigenvalue weighted by molar-refractivity contribution is 6.05. The summed E-state index contributed by atoms with van der Waals surface area (Å²) in [4.78, 5) is 38.3. The second-order valence-corrected chi connectivity index (χ2v) is 6.74. The Kier molecular flexibility index (Phi) is 4.55. The summed E-state index contributed by atoms with van der Waals surface area (Å²) in [6, 6.07) is 5.49. The average molecular weight is 329 g/mol. The molecule has 0 bridgehead atoms. The Morgan fingerprint density at radius 1 is 1.25 bits per heavy atom. The van der Waals surface area contributed by atoms with Crippen LogP contribution in [0.4, 0.5) is 5.69 Å². The van der Waals surface area contributed by atoms with Crippen molar-refractivity contribution in [2.45, 2.75) is 45.1 Å². The number of amides is 3. The van der Waals surface area contributed by atoms with E-state index >= 15 is 0 Å². The molecule has 3 rings (SSSR count). The summed E-state index contributed by atoms with van der Waals surface area (Å²) in [5.74, 6) is -1.11. The standard InChI is InChI=1S/C18H23N3O3/c1-11-5-4-8-14(16(11)17(19)23)20-18(24)12-9-15(22)21(10-12)13-6-2-3-7-13/h4-5,8,12-13H,2-3,6-7,9-10H2,1H3,(H2,19,23)(H,20,24). The lowest BCUT2D eigenvalue weighted by Crippen LogP contribution is -2.35. The fourth-order valence-corrected chi connectivity index (χ4v) is 3.81. The SMILES string of the molecule is Cc1cccc(NC(=O)C2CC(=O)N(C3CCCC3)C2)c1C(N)=O. The summed E-state index contributed by atoms with van der Waals surface area (Å²) in [5, 5.41) is 2.79. The van der Waals surface area contributed by atoms with E-state index in [0.717, 1.165) is 31.2 Å². The third kappa shape index (κ3) is 3.13. The largest absolute Gasteiger partial charge is 0.366 e. The Labute approximate surface area is 141 Å². The summed E-state index contributed by atoms with van der Waals surface area (Å²) >= 11 is 0. The number of hydrogen-bond donors (Lipinski definition) is 2. The fourth-order valence-electron chi connectivity index (χ4n) is 3.81. The van der Waals surface area contributed by atoms with Gasteiger partial charge < -0.3 is 16.0 Å². The maximum Gasteiger partial charge on any atom is 0.251 e. The van der Waals surface area contributed by atoms with Gasteiger partial charge in [0.15, 0.2) is 0 Å². The van der Waals surface area contributed by atoms with E-state index in [-0.39, 0.29) is 30.2 Å². The number of carbonyl (C=O) groups excluding carboxylic acids is 3. The Bertz CT molecular complexity index is 680. The molecule has 1 saturated carbocycles. The van der Waals surface area contributed by atoms with E-state index in [2.05, 4.69) is 5.32 Å². The van der Waals surface area contributed by atoms with Crippen LogP contribution in [0.2, 0.25) is 0 Å². The van der Waals surface area contributed by atoms with Crippen molar-refractivity contribution in [3.63, 3.8) is 0 Å². The molecule has 128 valence electrons. The molecule has 3 amide bonds. The molecule has 0 spiro atoms. The van der Waals surface area contributed by atoms with Crippen molar-refractivity contribution in [1.82, 2.24) is 4.90 Å². The zero-order valence-electron chi connectivity index (χ0n) is 13.9. The van der Waals surface area contributed by atoms with Gasteiger partial charge in [0.1, 0.15) is 0 Å². The molecule has 0 aromatic heterocycles. The van der Waals surface area contributed by atoms with Crippen molar-refractivity contribution in [3.8, 4) is 0 Å². The van der Waals surface area contributed by atoms with Gasteiger partial charge >= 0.3 is 0 Å². The Morgan fingerprint density at radius 2 is 1.96 bits per heavy atom. The summed E-state index contributed by atoms with van der Waals surface area (Å²) in [5.41, 5.74) is 6.87. The molecular formula is C18H23N3O3. The molecule has 1 heterocycles. The monoisotopic (exact) mass is 329 g/mol. The summed E-state index contributed by atoms with van der Waals surface area (Å²) in [6.45, 7) is 2.24. The molecule has 6 heteroatoms. The topological polar surface area (TPSA) is 92.5 Å². The van der Waals surface area contributed by atoms with Crippen LogP contribution in [0.1, 0.15) is 48.0 Å². The molecule has 0 radical (unpaired) electrons. The minimum absolute atomic E-state index is 0.0569. The lowest BCUT2D eigenvalue weighted by atomic mass is 10.0. The van der Waals surface area contributed by atoms with Crippen LogP contribution in [0.25, 0.3) is 0 Å². The van der Waals surface area contributed by atoms with Gasteiger partial charge in [-0.05, 0) is 31.4 Å². The molecule has 1 unspecified atom stereocenters. The van der Waals surface area contributed by atoms with Gasteiger partial charge in [-0.15, -0.1) is 0 Å². The van der Waals surface area contributed by atoms with E-state index in [1.165, 1.54) is 0 Å². The molecule has 2 fully saturated rings. The number of anilines is 1. The van der Waals surface area contributed by atoms with Crippen LogP contribution in [-0.2, 0) is 9.59 Å². The highest BCUT2D eigenvalue weighted by Gasteiger charge is 2.38. The zero-order chi connectivity index (χ0) is 17.3. The second kappa shape index (κ2) is 6.63. The van der Waals surface area contributed by atoms with Crippen LogP contribution in [-0.4, -0.2) is 35.2 Å². The van der Waals surface area contributed by atoms with E-state index in [1.807, 2.05) is 4.90 Å². The smallest absolute Gasteiger partial charge is 0.251 e. The highest BCUT2D eigenvalue weighted by atomic mass is 16.2. The fraction of sp³-hybridized carbons (Fsp3) is 0.500. The number of aryl methyl sites for hydroxylation is 1. The number of nitrogens with one attached hydrogen (secondary N) is 1. The maximum absolute atomic E-state index is 12.6. The van der Waals surface area contributed by atoms with Gasteiger partial charge in [-0.25, -0.2) is 0 Å². The number of nitrogens with two attached hydrogens (primary N) is 1. The Hall–Kier alpha value is -2.37. The van der Waals surface area contributed by atoms with E-state index in [0.29, 0.717) is 17.8 Å². The van der Waals surface area contributed by atoms with E-state index < -0.39 is 5.91 Å². The molecular weight excluding hydrogens is 306 g/mol. The third-order valence-corrected chi connectivity index (χ3v) is 5.07. The van der Waals surface area contributed by atoms with Crippen molar-refractivity contribution in [2.24, 2.45) is 11.7 Å². The number of benzene rings is 1. The molecule has 1 saturated heterocycles. The Balaban J connectivity index is 1.71. The third-order valence-electron chi connectivity index (χ3n) is 5.07. The van der Waals surface area contributed by atoms with Crippen molar-refractivity contribution >= 4 is 23.4 Å². The van der Waals surface area contributed by atoms with E-state index in [9.17, 15) is 14.4 Å². The summed E-state index contributed by atoms with van der Waals surface area (Å²) < 4.78 is 0. The maximum atomic E-state index is 12.6. The first-order valence-corrected chi connectivity index (χ1v) is 8.47. The molecule has 24 heavy (non-hydrogen) atoms. The number of nitrogens with zero attached hydrogens (tertiary/aromatic N) is 1. The molecule has 1 aromatic rings. The van der Waals surface area contributed by atoms with Crippen LogP contribution < -0.4 is 11.1 Å². The van der Waals surface area contributed by atoms with Gasteiger partial charge in [-0.1, -0.05) is 25.0 Å². The second-order valence-electron chi connectivity index (χ2n) is 6.74. The van der Waals surface area contributed by atoms with Crippen LogP contribution in [0.3, 0.4) is 0 Å². The lowest BCUT2D eigenvalue weighted by molar-refractivity contribution is -0.129. The minimum Gasteiger partial charge on any atom is -0.366 e.